The summed E-state index contributed by atoms with van der Waals surface area (Å²) < 4.78 is 11.5. The Kier molecular flexibility index (Phi) is 7.27. The molecular formula is C22H31N3O3S. The molecule has 1 aliphatic rings. The second-order valence-corrected chi connectivity index (χ2v) is 8.97. The van der Waals surface area contributed by atoms with Crippen molar-refractivity contribution < 1.29 is 14.3 Å². The number of rotatable bonds is 7. The fraction of sp³-hybridized carbons (Fsp3) is 0.545. The van der Waals surface area contributed by atoms with Gasteiger partial charge >= 0.3 is 0 Å². The lowest BCUT2D eigenvalue weighted by molar-refractivity contribution is -0.118. The molecule has 6 nitrogen and oxygen atoms in total. The minimum absolute atomic E-state index is 0.0319. The maximum atomic E-state index is 12.3. The summed E-state index contributed by atoms with van der Waals surface area (Å²) in [6, 6.07) is 6.14. The molecule has 0 bridgehead atoms. The van der Waals surface area contributed by atoms with Crippen molar-refractivity contribution in [3.63, 3.8) is 0 Å². The number of thiazole rings is 1. The molecule has 1 aromatic heterocycles. The zero-order valence-electron chi connectivity index (χ0n) is 17.9. The van der Waals surface area contributed by atoms with Gasteiger partial charge in [0.2, 0.25) is 0 Å². The van der Waals surface area contributed by atoms with E-state index in [9.17, 15) is 4.79 Å². The molecule has 1 aliphatic heterocycles. The van der Waals surface area contributed by atoms with Crippen LogP contribution in [-0.2, 0) is 16.1 Å². The highest BCUT2D eigenvalue weighted by atomic mass is 32.1. The maximum Gasteiger partial charge on any atom is 0.264 e. The Labute approximate surface area is 177 Å². The van der Waals surface area contributed by atoms with Crippen LogP contribution in [0.3, 0.4) is 0 Å². The van der Waals surface area contributed by atoms with Crippen LogP contribution >= 0.6 is 11.3 Å². The normalized spacial score (nSPS) is 20.1. The zero-order valence-corrected chi connectivity index (χ0v) is 18.7. The molecule has 3 rings (SSSR count). The molecule has 1 N–H and O–H groups in total. The lowest BCUT2D eigenvalue weighted by Crippen LogP contribution is -2.44. The zero-order chi connectivity index (χ0) is 21.0. The Morgan fingerprint density at radius 2 is 2.07 bits per heavy atom. The van der Waals surface area contributed by atoms with Crippen molar-refractivity contribution in [2.45, 2.75) is 59.3 Å². The van der Waals surface area contributed by atoms with Gasteiger partial charge in [-0.1, -0.05) is 26.0 Å². The number of carbonyl (C=O) groups is 1. The van der Waals surface area contributed by atoms with Gasteiger partial charge in [-0.15, -0.1) is 11.3 Å². The average Bonchev–Trinajstić information content (AvgIpc) is 3.06. The number of ether oxygens (including phenoxy) is 2. The summed E-state index contributed by atoms with van der Waals surface area (Å²) in [5, 5.41) is 5.45. The molecule has 29 heavy (non-hydrogen) atoms. The molecule has 158 valence electrons. The lowest BCUT2D eigenvalue weighted by Gasteiger charge is -2.34. The third kappa shape index (κ3) is 6.26. The van der Waals surface area contributed by atoms with Crippen molar-refractivity contribution in [1.82, 2.24) is 9.88 Å². The summed E-state index contributed by atoms with van der Waals surface area (Å²) in [6.45, 7) is 13.0. The second kappa shape index (κ2) is 9.69. The summed E-state index contributed by atoms with van der Waals surface area (Å²) in [5.74, 6) is 0.966. The van der Waals surface area contributed by atoms with Crippen LogP contribution in [0.15, 0.2) is 23.6 Å². The molecule has 0 saturated carbocycles. The minimum Gasteiger partial charge on any atom is -0.483 e. The third-order valence-corrected chi connectivity index (χ3v) is 5.72. The number of hydrogen-bond donors (Lipinski definition) is 1. The van der Waals surface area contributed by atoms with Crippen LogP contribution in [0.2, 0.25) is 0 Å². The molecule has 1 aromatic carbocycles. The van der Waals surface area contributed by atoms with Gasteiger partial charge in [-0.3, -0.25) is 15.0 Å². The van der Waals surface area contributed by atoms with Gasteiger partial charge in [0.25, 0.3) is 5.91 Å². The molecule has 2 heterocycles. The van der Waals surface area contributed by atoms with Crippen LogP contribution in [0, 0.1) is 6.92 Å². The number of hydrogen-bond acceptors (Lipinski definition) is 6. The van der Waals surface area contributed by atoms with Crippen molar-refractivity contribution in [2.75, 3.05) is 25.0 Å². The van der Waals surface area contributed by atoms with Gasteiger partial charge in [-0.05, 0) is 43.9 Å². The quantitative estimate of drug-likeness (QED) is 0.731. The summed E-state index contributed by atoms with van der Waals surface area (Å²) in [7, 11) is 0. The maximum absolute atomic E-state index is 12.3. The standard InChI is InChI=1S/C22H31N3O3S/c1-14(2)18-7-6-15(3)20(8-18)27-12-21(26)24-22-23-19(13-29-22)11-25-9-16(4)28-17(5)10-25/h6-8,13-14,16-17H,9-12H2,1-5H3,(H,23,24,26). The predicted octanol–water partition coefficient (Wildman–Crippen LogP) is 4.20. The van der Waals surface area contributed by atoms with Gasteiger partial charge in [-0.25, -0.2) is 4.98 Å². The van der Waals surface area contributed by atoms with Crippen LogP contribution in [0.5, 0.6) is 5.75 Å². The van der Waals surface area contributed by atoms with E-state index in [1.165, 1.54) is 16.9 Å². The number of nitrogens with one attached hydrogen (secondary N) is 1. The highest BCUT2D eigenvalue weighted by molar-refractivity contribution is 7.13. The van der Waals surface area contributed by atoms with Crippen molar-refractivity contribution in [1.29, 1.82) is 0 Å². The highest BCUT2D eigenvalue weighted by Crippen LogP contribution is 2.24. The van der Waals surface area contributed by atoms with E-state index in [0.717, 1.165) is 36.6 Å². The minimum atomic E-state index is -0.200. The Morgan fingerprint density at radius 1 is 1.34 bits per heavy atom. The van der Waals surface area contributed by atoms with E-state index in [-0.39, 0.29) is 24.7 Å². The summed E-state index contributed by atoms with van der Waals surface area (Å²) in [5.41, 5.74) is 3.18. The topological polar surface area (TPSA) is 63.7 Å². The van der Waals surface area contributed by atoms with Crippen molar-refractivity contribution in [3.05, 3.63) is 40.4 Å². The van der Waals surface area contributed by atoms with Crippen LogP contribution < -0.4 is 10.1 Å². The van der Waals surface area contributed by atoms with E-state index in [0.29, 0.717) is 11.0 Å². The molecule has 0 spiro atoms. The van der Waals surface area contributed by atoms with Gasteiger partial charge in [-0.2, -0.15) is 0 Å². The molecular weight excluding hydrogens is 386 g/mol. The smallest absolute Gasteiger partial charge is 0.264 e. The number of nitrogens with zero attached hydrogens (tertiary/aromatic N) is 2. The van der Waals surface area contributed by atoms with Gasteiger partial charge in [0, 0.05) is 25.0 Å². The van der Waals surface area contributed by atoms with Crippen LogP contribution in [-0.4, -0.2) is 47.7 Å². The van der Waals surface area contributed by atoms with E-state index in [1.54, 1.807) is 0 Å². The van der Waals surface area contributed by atoms with Crippen molar-refractivity contribution in [2.24, 2.45) is 0 Å². The summed E-state index contributed by atoms with van der Waals surface area (Å²) in [6.07, 6.45) is 0.456. The van der Waals surface area contributed by atoms with Crippen molar-refractivity contribution in [3.8, 4) is 5.75 Å². The molecule has 0 aliphatic carbocycles. The molecule has 1 amide bonds. The number of aryl methyl sites for hydroxylation is 1. The molecule has 1 saturated heterocycles. The fourth-order valence-electron chi connectivity index (χ4n) is 3.51. The van der Waals surface area contributed by atoms with E-state index in [1.807, 2.05) is 24.4 Å². The number of amides is 1. The average molecular weight is 418 g/mol. The van der Waals surface area contributed by atoms with Gasteiger partial charge in [0.1, 0.15) is 5.75 Å². The Bertz CT molecular complexity index is 826. The first-order chi connectivity index (χ1) is 13.8. The third-order valence-electron chi connectivity index (χ3n) is 4.92. The number of carbonyl (C=O) groups excluding carboxylic acids is 1. The van der Waals surface area contributed by atoms with E-state index in [4.69, 9.17) is 9.47 Å². The summed E-state index contributed by atoms with van der Waals surface area (Å²) >= 11 is 1.44. The molecule has 2 aromatic rings. The lowest BCUT2D eigenvalue weighted by atomic mass is 10.0. The largest absolute Gasteiger partial charge is 0.483 e. The Morgan fingerprint density at radius 3 is 2.76 bits per heavy atom. The molecule has 7 heteroatoms. The van der Waals surface area contributed by atoms with Crippen LogP contribution in [0.1, 0.15) is 50.4 Å². The first kappa shape index (κ1) is 21.7. The van der Waals surface area contributed by atoms with Crippen LogP contribution in [0.25, 0.3) is 0 Å². The first-order valence-electron chi connectivity index (χ1n) is 10.2. The number of aromatic nitrogens is 1. The predicted molar refractivity (Wildman–Crippen MR) is 117 cm³/mol. The van der Waals surface area contributed by atoms with Gasteiger partial charge in [0.05, 0.1) is 17.9 Å². The van der Waals surface area contributed by atoms with Crippen LogP contribution in [0.4, 0.5) is 5.13 Å². The number of benzene rings is 1. The monoisotopic (exact) mass is 417 g/mol. The van der Waals surface area contributed by atoms with E-state index < -0.39 is 0 Å². The van der Waals surface area contributed by atoms with E-state index in [2.05, 4.69) is 49.0 Å². The Balaban J connectivity index is 1.51. The highest BCUT2D eigenvalue weighted by Gasteiger charge is 2.22. The number of anilines is 1. The van der Waals surface area contributed by atoms with Gasteiger partial charge < -0.3 is 9.47 Å². The number of morpholine rings is 1. The first-order valence-corrected chi connectivity index (χ1v) is 11.0. The molecule has 2 atom stereocenters. The second-order valence-electron chi connectivity index (χ2n) is 8.11. The van der Waals surface area contributed by atoms with Gasteiger partial charge in [0.15, 0.2) is 11.7 Å². The molecule has 2 unspecified atom stereocenters. The van der Waals surface area contributed by atoms with Crippen molar-refractivity contribution >= 4 is 22.4 Å². The SMILES string of the molecule is Cc1ccc(C(C)C)cc1OCC(=O)Nc1nc(CN2CC(C)OC(C)C2)cs1. The summed E-state index contributed by atoms with van der Waals surface area (Å²) in [4.78, 5) is 19.2. The van der Waals surface area contributed by atoms with E-state index >= 15 is 0 Å². The molecule has 0 radical (unpaired) electrons. The Hall–Kier alpha value is -1.96. The molecule has 1 fully saturated rings. The fourth-order valence-corrected chi connectivity index (χ4v) is 4.23.